The number of thiocarbonyl (C=S) groups is 1. The molecule has 0 saturated heterocycles. The topological polar surface area (TPSA) is 104 Å². The molecule has 0 unspecified atom stereocenters. The summed E-state index contributed by atoms with van der Waals surface area (Å²) in [6.07, 6.45) is 0. The van der Waals surface area contributed by atoms with E-state index in [2.05, 4.69) is 10.6 Å². The zero-order valence-corrected chi connectivity index (χ0v) is 13.8. The maximum absolute atomic E-state index is 12.2. The normalized spacial score (nSPS) is 10.1. The number of benzene rings is 2. The Balaban J connectivity index is 2.12. The van der Waals surface area contributed by atoms with Crippen molar-refractivity contribution in [3.63, 3.8) is 0 Å². The van der Waals surface area contributed by atoms with Crippen LogP contribution in [0, 0.1) is 24.0 Å². The van der Waals surface area contributed by atoms with Gasteiger partial charge in [-0.05, 0) is 43.8 Å². The lowest BCUT2D eigenvalue weighted by Crippen LogP contribution is -2.34. The number of carbonyl (C=O) groups excluding carboxylic acids is 1. The number of phenols is 1. The summed E-state index contributed by atoms with van der Waals surface area (Å²) in [7, 11) is 0. The van der Waals surface area contributed by atoms with Gasteiger partial charge in [-0.25, -0.2) is 0 Å². The summed E-state index contributed by atoms with van der Waals surface area (Å²) < 4.78 is 0. The van der Waals surface area contributed by atoms with E-state index in [1.807, 2.05) is 26.0 Å². The number of anilines is 1. The Morgan fingerprint density at radius 3 is 2.54 bits per heavy atom. The third-order valence-corrected chi connectivity index (χ3v) is 3.50. The molecule has 124 valence electrons. The molecule has 0 spiro atoms. The molecule has 24 heavy (non-hydrogen) atoms. The van der Waals surface area contributed by atoms with Gasteiger partial charge in [0.25, 0.3) is 11.6 Å². The number of amides is 1. The van der Waals surface area contributed by atoms with E-state index < -0.39 is 10.8 Å². The molecule has 8 heteroatoms. The predicted molar refractivity (Wildman–Crippen MR) is 94.4 cm³/mol. The van der Waals surface area contributed by atoms with Gasteiger partial charge in [-0.2, -0.15) is 0 Å². The van der Waals surface area contributed by atoms with Gasteiger partial charge in [-0.15, -0.1) is 0 Å². The number of nitrogens with zero attached hydrogens (tertiary/aromatic N) is 1. The van der Waals surface area contributed by atoms with Crippen LogP contribution in [0.2, 0.25) is 0 Å². The fraction of sp³-hybridized carbons (Fsp3) is 0.125. The van der Waals surface area contributed by atoms with Crippen LogP contribution in [0.3, 0.4) is 0 Å². The number of aromatic hydroxyl groups is 1. The molecule has 2 rings (SSSR count). The van der Waals surface area contributed by atoms with E-state index in [1.165, 1.54) is 6.07 Å². The number of aryl methyl sites for hydroxylation is 2. The van der Waals surface area contributed by atoms with E-state index in [1.54, 1.807) is 6.07 Å². The minimum atomic E-state index is -0.595. The van der Waals surface area contributed by atoms with Crippen molar-refractivity contribution < 1.29 is 14.8 Å². The molecule has 3 N–H and O–H groups in total. The summed E-state index contributed by atoms with van der Waals surface area (Å²) in [5, 5.41) is 25.5. The summed E-state index contributed by atoms with van der Waals surface area (Å²) in [5.41, 5.74) is 2.13. The third kappa shape index (κ3) is 4.05. The Bertz CT molecular complexity index is 836. The van der Waals surface area contributed by atoms with Crippen LogP contribution in [0.5, 0.6) is 5.75 Å². The van der Waals surface area contributed by atoms with E-state index in [-0.39, 0.29) is 22.2 Å². The summed E-state index contributed by atoms with van der Waals surface area (Å²) >= 11 is 5.03. The van der Waals surface area contributed by atoms with Gasteiger partial charge in [0.05, 0.1) is 10.6 Å². The molecular formula is C16H15N3O4S. The lowest BCUT2D eigenvalue weighted by atomic mass is 10.1. The van der Waals surface area contributed by atoms with E-state index >= 15 is 0 Å². The average Bonchev–Trinajstić information content (AvgIpc) is 2.48. The number of rotatable bonds is 3. The standard InChI is InChI=1S/C16H15N3O4S/c1-9-3-5-12(10(2)7-9)15(21)18-16(24)17-13-8-11(19(22)23)4-6-14(13)20/h3-8,20H,1-2H3,(H2,17,18,21,24). The Morgan fingerprint density at radius 2 is 1.92 bits per heavy atom. The van der Waals surface area contributed by atoms with Crippen LogP contribution in [0.25, 0.3) is 0 Å². The van der Waals surface area contributed by atoms with Crippen molar-refractivity contribution in [2.45, 2.75) is 13.8 Å². The molecule has 0 saturated carbocycles. The number of hydrogen-bond acceptors (Lipinski definition) is 5. The third-order valence-electron chi connectivity index (χ3n) is 3.29. The second-order valence-electron chi connectivity index (χ2n) is 5.19. The minimum absolute atomic E-state index is 0.0372. The first kappa shape index (κ1) is 17.4. The van der Waals surface area contributed by atoms with Crippen LogP contribution in [0.4, 0.5) is 11.4 Å². The van der Waals surface area contributed by atoms with Crippen LogP contribution in [-0.4, -0.2) is 21.0 Å². The van der Waals surface area contributed by atoms with Crippen molar-refractivity contribution in [3.8, 4) is 5.75 Å². The van der Waals surface area contributed by atoms with Gasteiger partial charge in [-0.1, -0.05) is 17.7 Å². The molecule has 0 aliphatic heterocycles. The van der Waals surface area contributed by atoms with Crippen LogP contribution >= 0.6 is 12.2 Å². The smallest absolute Gasteiger partial charge is 0.271 e. The van der Waals surface area contributed by atoms with Crippen molar-refractivity contribution in [1.82, 2.24) is 5.32 Å². The zero-order chi connectivity index (χ0) is 17.9. The van der Waals surface area contributed by atoms with Crippen molar-refractivity contribution in [2.75, 3.05) is 5.32 Å². The SMILES string of the molecule is Cc1ccc(C(=O)NC(=S)Nc2cc([N+](=O)[O-])ccc2O)c(C)c1. The Kier molecular flexibility index (Phi) is 5.10. The highest BCUT2D eigenvalue weighted by atomic mass is 32.1. The monoisotopic (exact) mass is 345 g/mol. The molecule has 0 heterocycles. The second-order valence-corrected chi connectivity index (χ2v) is 5.59. The number of non-ortho nitro benzene ring substituents is 1. The largest absolute Gasteiger partial charge is 0.506 e. The molecule has 0 atom stereocenters. The quantitative estimate of drug-likeness (QED) is 0.342. The highest BCUT2D eigenvalue weighted by Gasteiger charge is 2.14. The number of nitro benzene ring substituents is 1. The van der Waals surface area contributed by atoms with Gasteiger partial charge in [0.2, 0.25) is 0 Å². The molecule has 0 aliphatic carbocycles. The molecule has 0 aromatic heterocycles. The van der Waals surface area contributed by atoms with E-state index in [4.69, 9.17) is 12.2 Å². The van der Waals surface area contributed by atoms with Crippen molar-refractivity contribution >= 4 is 34.6 Å². The highest BCUT2D eigenvalue weighted by Crippen LogP contribution is 2.27. The number of nitro groups is 1. The first-order chi connectivity index (χ1) is 11.3. The van der Waals surface area contributed by atoms with Gasteiger partial charge in [0, 0.05) is 17.7 Å². The molecule has 0 aliphatic rings. The van der Waals surface area contributed by atoms with Crippen molar-refractivity contribution in [3.05, 3.63) is 63.2 Å². The Morgan fingerprint density at radius 1 is 1.21 bits per heavy atom. The van der Waals surface area contributed by atoms with Crippen molar-refractivity contribution in [2.24, 2.45) is 0 Å². The maximum atomic E-state index is 12.2. The van der Waals surface area contributed by atoms with Crippen molar-refractivity contribution in [1.29, 1.82) is 0 Å². The number of hydrogen-bond donors (Lipinski definition) is 3. The maximum Gasteiger partial charge on any atom is 0.271 e. The van der Waals surface area contributed by atoms with E-state index in [0.717, 1.165) is 23.3 Å². The fourth-order valence-corrected chi connectivity index (χ4v) is 2.33. The minimum Gasteiger partial charge on any atom is -0.506 e. The fourth-order valence-electron chi connectivity index (χ4n) is 2.13. The second kappa shape index (κ2) is 7.05. The van der Waals surface area contributed by atoms with Crippen LogP contribution in [0.1, 0.15) is 21.5 Å². The first-order valence-electron chi connectivity index (χ1n) is 6.95. The molecule has 2 aromatic rings. The molecule has 0 fully saturated rings. The lowest BCUT2D eigenvalue weighted by molar-refractivity contribution is -0.384. The molecule has 2 aromatic carbocycles. The molecule has 7 nitrogen and oxygen atoms in total. The summed E-state index contributed by atoms with van der Waals surface area (Å²) in [6.45, 7) is 3.73. The predicted octanol–water partition coefficient (Wildman–Crippen LogP) is 3.04. The molecule has 0 bridgehead atoms. The summed E-state index contributed by atoms with van der Waals surface area (Å²) in [6, 6.07) is 8.84. The van der Waals surface area contributed by atoms with Gasteiger partial charge in [-0.3, -0.25) is 20.2 Å². The lowest BCUT2D eigenvalue weighted by Gasteiger charge is -2.12. The summed E-state index contributed by atoms with van der Waals surface area (Å²) in [5.74, 6) is -0.626. The zero-order valence-electron chi connectivity index (χ0n) is 13.0. The molecule has 0 radical (unpaired) electrons. The van der Waals surface area contributed by atoms with E-state index in [0.29, 0.717) is 5.56 Å². The van der Waals surface area contributed by atoms with Gasteiger partial charge in [0.1, 0.15) is 5.75 Å². The molecular weight excluding hydrogens is 330 g/mol. The van der Waals surface area contributed by atoms with Crippen LogP contribution in [-0.2, 0) is 0 Å². The van der Waals surface area contributed by atoms with Gasteiger partial charge in [0.15, 0.2) is 5.11 Å². The van der Waals surface area contributed by atoms with Gasteiger partial charge >= 0.3 is 0 Å². The van der Waals surface area contributed by atoms with Gasteiger partial charge < -0.3 is 10.4 Å². The number of phenolic OH excluding ortho intramolecular Hbond substituents is 1. The Labute approximate surface area is 143 Å². The first-order valence-corrected chi connectivity index (χ1v) is 7.35. The molecule has 1 amide bonds. The highest BCUT2D eigenvalue weighted by molar-refractivity contribution is 7.80. The number of carbonyl (C=O) groups is 1. The van der Waals surface area contributed by atoms with E-state index in [9.17, 15) is 20.0 Å². The number of nitrogens with one attached hydrogen (secondary N) is 2. The average molecular weight is 345 g/mol. The Hall–Kier alpha value is -3.00. The summed E-state index contributed by atoms with van der Waals surface area (Å²) in [4.78, 5) is 22.4. The van der Waals surface area contributed by atoms with Crippen LogP contribution < -0.4 is 10.6 Å². The van der Waals surface area contributed by atoms with Crippen LogP contribution in [0.15, 0.2) is 36.4 Å².